The number of Topliss-reactive ketones (excluding diaryl/α,β-unsaturated/α-hetero) is 2. The zero-order chi connectivity index (χ0) is 26.0. The molecule has 0 aliphatic rings. The first kappa shape index (κ1) is 32.6. The number of hydrogen-bond acceptors (Lipinski definition) is 8. The highest BCUT2D eigenvalue weighted by Gasteiger charge is 2.22. The number of methoxy groups -OCH3 is 1. The second-order valence-electron chi connectivity index (χ2n) is 10.2. The molecule has 9 nitrogen and oxygen atoms in total. The lowest BCUT2D eigenvalue weighted by Crippen LogP contribution is -2.42. The Morgan fingerprint density at radius 1 is 0.618 bits per heavy atom. The van der Waals surface area contributed by atoms with Crippen LogP contribution in [0.15, 0.2) is 0 Å². The quantitative estimate of drug-likeness (QED) is 0.260. The first-order valence-electron chi connectivity index (χ1n) is 12.0. The fourth-order valence-corrected chi connectivity index (χ4v) is 2.59. The molecule has 1 amide bonds. The minimum atomic E-state index is -0.408. The lowest BCUT2D eigenvalue weighted by atomic mass is 9.89. The predicted molar refractivity (Wildman–Crippen MR) is 130 cm³/mol. The highest BCUT2D eigenvalue weighted by Crippen LogP contribution is 2.17. The molecule has 0 radical (unpaired) electrons. The molecule has 0 fully saturated rings. The highest BCUT2D eigenvalue weighted by molar-refractivity contribution is 5.84. The van der Waals surface area contributed by atoms with E-state index in [2.05, 4.69) is 5.32 Å². The smallest absolute Gasteiger partial charge is 0.222 e. The number of carbonyl (C=O) groups is 3. The number of rotatable bonds is 20. The summed E-state index contributed by atoms with van der Waals surface area (Å²) >= 11 is 0. The van der Waals surface area contributed by atoms with Crippen molar-refractivity contribution in [1.82, 2.24) is 5.32 Å². The van der Waals surface area contributed by atoms with Crippen LogP contribution < -0.4 is 5.32 Å². The molecule has 200 valence electrons. The van der Waals surface area contributed by atoms with Gasteiger partial charge in [-0.2, -0.15) is 0 Å². The Hall–Kier alpha value is -1.39. The molecule has 0 rings (SSSR count). The van der Waals surface area contributed by atoms with Crippen LogP contribution in [0.2, 0.25) is 0 Å². The van der Waals surface area contributed by atoms with Gasteiger partial charge in [0.25, 0.3) is 0 Å². The molecule has 0 aliphatic carbocycles. The van der Waals surface area contributed by atoms with E-state index in [4.69, 9.17) is 23.7 Å². The van der Waals surface area contributed by atoms with Crippen LogP contribution in [0.5, 0.6) is 0 Å². The topological polar surface area (TPSA) is 109 Å². The lowest BCUT2D eigenvalue weighted by Gasteiger charge is -2.21. The summed E-state index contributed by atoms with van der Waals surface area (Å²) < 4.78 is 26.9. The summed E-state index contributed by atoms with van der Waals surface area (Å²) in [6.07, 6.45) is 0.816. The van der Waals surface area contributed by atoms with Gasteiger partial charge >= 0.3 is 0 Å². The molecule has 34 heavy (non-hydrogen) atoms. The van der Waals surface area contributed by atoms with E-state index in [0.717, 1.165) is 0 Å². The summed E-state index contributed by atoms with van der Waals surface area (Å²) in [5, 5.41) is 2.89. The van der Waals surface area contributed by atoms with E-state index in [1.54, 1.807) is 7.11 Å². The molecule has 0 aliphatic heterocycles. The molecule has 0 saturated heterocycles. The average Bonchev–Trinajstić information content (AvgIpc) is 2.74. The van der Waals surface area contributed by atoms with E-state index >= 15 is 0 Å². The lowest BCUT2D eigenvalue weighted by molar-refractivity contribution is -0.128. The third-order valence-electron chi connectivity index (χ3n) is 4.90. The number of ketones is 2. The average molecular weight is 490 g/mol. The first-order valence-corrected chi connectivity index (χ1v) is 12.0. The van der Waals surface area contributed by atoms with Crippen molar-refractivity contribution >= 4 is 17.5 Å². The van der Waals surface area contributed by atoms with Crippen LogP contribution >= 0.6 is 0 Å². The van der Waals surface area contributed by atoms with Gasteiger partial charge in [0, 0.05) is 37.2 Å². The molecule has 0 aromatic heterocycles. The van der Waals surface area contributed by atoms with Crippen molar-refractivity contribution in [1.29, 1.82) is 0 Å². The molecule has 0 aromatic carbocycles. The molecule has 0 atom stereocenters. The maximum Gasteiger partial charge on any atom is 0.222 e. The summed E-state index contributed by atoms with van der Waals surface area (Å²) in [7, 11) is 1.61. The monoisotopic (exact) mass is 489 g/mol. The maximum absolute atomic E-state index is 12.3. The van der Waals surface area contributed by atoms with Gasteiger partial charge in [0.1, 0.15) is 11.6 Å². The van der Waals surface area contributed by atoms with E-state index in [1.165, 1.54) is 0 Å². The Morgan fingerprint density at radius 2 is 1.03 bits per heavy atom. The third-order valence-corrected chi connectivity index (χ3v) is 4.90. The largest absolute Gasteiger partial charge is 0.382 e. The van der Waals surface area contributed by atoms with E-state index < -0.39 is 10.8 Å². The fourth-order valence-electron chi connectivity index (χ4n) is 2.59. The Kier molecular flexibility index (Phi) is 17.2. The van der Waals surface area contributed by atoms with Crippen LogP contribution in [0.4, 0.5) is 0 Å². The standard InChI is InChI=1S/C25H47NO8/c1-24(2,3)21(27)8-11-33-18-20(19-34-12-9-22(28)25(4,5)6)26-23(29)10-13-31-16-17-32-15-14-30-7/h20H,8-19H2,1-7H3,(H,26,29). The van der Waals surface area contributed by atoms with Crippen molar-refractivity contribution in [2.24, 2.45) is 10.8 Å². The minimum absolute atomic E-state index is 0.119. The van der Waals surface area contributed by atoms with E-state index in [0.29, 0.717) is 39.3 Å². The van der Waals surface area contributed by atoms with Crippen LogP contribution in [-0.2, 0) is 38.1 Å². The van der Waals surface area contributed by atoms with Crippen molar-refractivity contribution in [3.05, 3.63) is 0 Å². The Bertz CT molecular complexity index is 546. The van der Waals surface area contributed by atoms with Gasteiger partial charge in [0.05, 0.1) is 65.5 Å². The van der Waals surface area contributed by atoms with E-state index in [-0.39, 0.29) is 63.0 Å². The molecule has 1 N–H and O–H groups in total. The molecule has 0 aromatic rings. The highest BCUT2D eigenvalue weighted by atomic mass is 16.5. The van der Waals surface area contributed by atoms with Crippen molar-refractivity contribution < 1.29 is 38.1 Å². The number of ether oxygens (including phenoxy) is 5. The number of carbonyl (C=O) groups excluding carboxylic acids is 3. The zero-order valence-corrected chi connectivity index (χ0v) is 22.3. The van der Waals surface area contributed by atoms with Crippen molar-refractivity contribution in [3.8, 4) is 0 Å². The molecule has 0 unspecified atom stereocenters. The Labute approximate surface area is 205 Å². The molecule has 0 heterocycles. The van der Waals surface area contributed by atoms with Crippen molar-refractivity contribution in [2.75, 3.05) is 66.6 Å². The molecular weight excluding hydrogens is 442 g/mol. The second kappa shape index (κ2) is 18.0. The van der Waals surface area contributed by atoms with Gasteiger partial charge < -0.3 is 29.0 Å². The zero-order valence-electron chi connectivity index (χ0n) is 22.3. The molecule has 0 saturated carbocycles. The molecular formula is C25H47NO8. The van der Waals surface area contributed by atoms with E-state index in [9.17, 15) is 14.4 Å². The summed E-state index contributed by atoms with van der Waals surface area (Å²) in [5.74, 6) is 0.0517. The Morgan fingerprint density at radius 3 is 1.47 bits per heavy atom. The van der Waals surface area contributed by atoms with Crippen LogP contribution in [-0.4, -0.2) is 90.1 Å². The number of nitrogens with one attached hydrogen (secondary N) is 1. The van der Waals surface area contributed by atoms with Crippen molar-refractivity contribution in [3.63, 3.8) is 0 Å². The summed E-state index contributed by atoms with van der Waals surface area (Å²) in [6, 6.07) is -0.389. The Balaban J connectivity index is 4.38. The van der Waals surface area contributed by atoms with Gasteiger partial charge in [-0.3, -0.25) is 14.4 Å². The summed E-state index contributed by atoms with van der Waals surface area (Å²) in [6.45, 7) is 14.4. The van der Waals surface area contributed by atoms with Gasteiger partial charge in [-0.1, -0.05) is 41.5 Å². The third kappa shape index (κ3) is 18.0. The van der Waals surface area contributed by atoms with Crippen molar-refractivity contribution in [2.45, 2.75) is 66.8 Å². The van der Waals surface area contributed by atoms with Gasteiger partial charge in [-0.25, -0.2) is 0 Å². The van der Waals surface area contributed by atoms with Crippen LogP contribution in [0.3, 0.4) is 0 Å². The fraction of sp³-hybridized carbons (Fsp3) is 0.880. The van der Waals surface area contributed by atoms with E-state index in [1.807, 2.05) is 41.5 Å². The summed E-state index contributed by atoms with van der Waals surface area (Å²) in [4.78, 5) is 36.4. The number of amides is 1. The maximum atomic E-state index is 12.3. The number of hydrogen-bond donors (Lipinski definition) is 1. The van der Waals surface area contributed by atoms with Crippen LogP contribution in [0, 0.1) is 10.8 Å². The second-order valence-corrected chi connectivity index (χ2v) is 10.2. The van der Waals surface area contributed by atoms with Gasteiger partial charge in [0.2, 0.25) is 5.91 Å². The molecule has 0 spiro atoms. The SMILES string of the molecule is COCCOCCOCCC(=O)NC(COCCC(=O)C(C)(C)C)COCCC(=O)C(C)(C)C. The van der Waals surface area contributed by atoms with Gasteiger partial charge in [-0.05, 0) is 0 Å². The first-order chi connectivity index (χ1) is 15.9. The van der Waals surface area contributed by atoms with Crippen LogP contribution in [0.1, 0.15) is 60.8 Å². The normalized spacial score (nSPS) is 12.2. The molecule has 9 heteroatoms. The van der Waals surface area contributed by atoms with Gasteiger partial charge in [0.15, 0.2) is 0 Å². The van der Waals surface area contributed by atoms with Crippen LogP contribution in [0.25, 0.3) is 0 Å². The van der Waals surface area contributed by atoms with Gasteiger partial charge in [-0.15, -0.1) is 0 Å². The predicted octanol–water partition coefficient (Wildman–Crippen LogP) is 2.58. The molecule has 0 bridgehead atoms. The minimum Gasteiger partial charge on any atom is -0.382 e. The summed E-state index contributed by atoms with van der Waals surface area (Å²) in [5.41, 5.74) is -0.816.